The fourth-order valence-electron chi connectivity index (χ4n) is 6.80. The van der Waals surface area contributed by atoms with Crippen molar-refractivity contribution in [1.82, 2.24) is 15.1 Å². The van der Waals surface area contributed by atoms with Gasteiger partial charge >= 0.3 is 0 Å². The van der Waals surface area contributed by atoms with Crippen LogP contribution in [0.4, 0.5) is 0 Å². The Morgan fingerprint density at radius 3 is 1.71 bits per heavy atom. The molecular weight excluding hydrogens is 466 g/mol. The summed E-state index contributed by atoms with van der Waals surface area (Å²) >= 11 is 0. The van der Waals surface area contributed by atoms with E-state index >= 15 is 0 Å². The number of amides is 1. The summed E-state index contributed by atoms with van der Waals surface area (Å²) in [5, 5.41) is 3.44. The third kappa shape index (κ3) is 5.30. The highest BCUT2D eigenvalue weighted by Crippen LogP contribution is 2.37. The van der Waals surface area contributed by atoms with Gasteiger partial charge in [-0.15, -0.1) is 0 Å². The Bertz CT molecular complexity index is 1260. The van der Waals surface area contributed by atoms with Crippen LogP contribution in [0, 0.1) is 27.7 Å². The van der Waals surface area contributed by atoms with Crippen LogP contribution in [0.3, 0.4) is 0 Å². The quantitative estimate of drug-likeness (QED) is 0.442. The maximum Gasteiger partial charge on any atom is 0.241 e. The Labute approximate surface area is 229 Å². The van der Waals surface area contributed by atoms with E-state index in [0.717, 1.165) is 39.0 Å². The van der Waals surface area contributed by atoms with E-state index in [1.165, 1.54) is 44.5 Å². The molecule has 4 heteroatoms. The van der Waals surface area contributed by atoms with Crippen molar-refractivity contribution >= 4 is 5.91 Å². The highest BCUT2D eigenvalue weighted by atomic mass is 16.2. The molecule has 200 valence electrons. The van der Waals surface area contributed by atoms with E-state index < -0.39 is 5.54 Å². The zero-order chi connectivity index (χ0) is 27.0. The highest BCUT2D eigenvalue weighted by Gasteiger charge is 2.49. The molecule has 0 saturated carbocycles. The Balaban J connectivity index is 1.35. The van der Waals surface area contributed by atoms with Crippen LogP contribution in [0.15, 0.2) is 60.7 Å². The monoisotopic (exact) mass is 509 g/mol. The number of fused-ring (bicyclic) bond motifs is 1. The van der Waals surface area contributed by atoms with Crippen molar-refractivity contribution in [3.8, 4) is 0 Å². The van der Waals surface area contributed by atoms with E-state index in [-0.39, 0.29) is 11.9 Å². The van der Waals surface area contributed by atoms with Crippen LogP contribution in [-0.2, 0) is 17.6 Å². The van der Waals surface area contributed by atoms with Crippen LogP contribution in [0.2, 0.25) is 0 Å². The number of piperazine rings is 1. The van der Waals surface area contributed by atoms with Crippen LogP contribution in [0.1, 0.15) is 70.4 Å². The van der Waals surface area contributed by atoms with Gasteiger partial charge in [-0.2, -0.15) is 0 Å². The average molecular weight is 510 g/mol. The van der Waals surface area contributed by atoms with Gasteiger partial charge in [0.05, 0.1) is 6.04 Å². The molecule has 1 aliphatic heterocycles. The van der Waals surface area contributed by atoms with Gasteiger partial charge in [0.15, 0.2) is 0 Å². The SMILES string of the molecule is Cc1cc(C)cc([C@H](C)NC(=O)C2(N3CCN([C@@H](C)c4cc(C)cc(C)c4)CC3)Cc3ccccc3C2)c1. The summed E-state index contributed by atoms with van der Waals surface area (Å²) in [6, 6.07) is 22.4. The summed E-state index contributed by atoms with van der Waals surface area (Å²) in [6.07, 6.45) is 1.56. The van der Waals surface area contributed by atoms with Gasteiger partial charge in [-0.1, -0.05) is 82.9 Å². The smallest absolute Gasteiger partial charge is 0.241 e. The molecule has 1 fully saturated rings. The molecule has 4 nitrogen and oxygen atoms in total. The number of benzene rings is 3. The molecule has 2 atom stereocenters. The molecule has 3 aromatic rings. The fraction of sp³-hybridized carbons (Fsp3) is 0.441. The molecule has 0 spiro atoms. The van der Waals surface area contributed by atoms with Crippen LogP contribution < -0.4 is 5.32 Å². The Morgan fingerprint density at radius 1 is 0.737 bits per heavy atom. The molecule has 0 unspecified atom stereocenters. The van der Waals surface area contributed by atoms with Gasteiger partial charge < -0.3 is 5.32 Å². The van der Waals surface area contributed by atoms with E-state index in [1.54, 1.807) is 0 Å². The topological polar surface area (TPSA) is 35.6 Å². The number of nitrogens with one attached hydrogen (secondary N) is 1. The van der Waals surface area contributed by atoms with Crippen molar-refractivity contribution in [2.24, 2.45) is 0 Å². The first-order valence-electron chi connectivity index (χ1n) is 14.2. The molecule has 1 heterocycles. The second-order valence-corrected chi connectivity index (χ2v) is 11.9. The first kappa shape index (κ1) is 26.6. The minimum absolute atomic E-state index is 0.0347. The lowest BCUT2D eigenvalue weighted by Crippen LogP contribution is -2.64. The average Bonchev–Trinajstić information content (AvgIpc) is 3.28. The van der Waals surface area contributed by atoms with Gasteiger partial charge in [-0.25, -0.2) is 0 Å². The zero-order valence-electron chi connectivity index (χ0n) is 24.0. The number of aryl methyl sites for hydroxylation is 4. The maximum atomic E-state index is 14.2. The van der Waals surface area contributed by atoms with E-state index in [2.05, 4.69) is 117 Å². The number of carbonyl (C=O) groups is 1. The Morgan fingerprint density at radius 2 is 1.21 bits per heavy atom. The minimum Gasteiger partial charge on any atom is -0.348 e. The summed E-state index contributed by atoms with van der Waals surface area (Å²) in [7, 11) is 0. The second-order valence-electron chi connectivity index (χ2n) is 11.9. The number of hydrogen-bond donors (Lipinski definition) is 1. The lowest BCUT2D eigenvalue weighted by Gasteiger charge is -2.46. The molecule has 38 heavy (non-hydrogen) atoms. The molecule has 1 N–H and O–H groups in total. The van der Waals surface area contributed by atoms with E-state index in [0.29, 0.717) is 6.04 Å². The third-order valence-corrected chi connectivity index (χ3v) is 8.79. The number of carbonyl (C=O) groups excluding carboxylic acids is 1. The molecule has 3 aromatic carbocycles. The predicted octanol–water partition coefficient (Wildman–Crippen LogP) is 6.01. The number of rotatable bonds is 6. The van der Waals surface area contributed by atoms with Crippen molar-refractivity contribution in [2.45, 2.75) is 72.0 Å². The standard InChI is InChI=1S/C34H43N3O/c1-23-15-24(2)18-31(17-23)27(5)35-33(38)34(21-29-9-7-8-10-30(29)22-34)37-13-11-36(12-14-37)28(6)32-19-25(3)16-26(4)20-32/h7-10,15-20,27-28H,11-14,21-22H2,1-6H3,(H,35,38)/t27-,28-/m0/s1. The normalized spacial score (nSPS) is 19.1. The maximum absolute atomic E-state index is 14.2. The van der Waals surface area contributed by atoms with Gasteiger partial charge in [0.2, 0.25) is 5.91 Å². The summed E-state index contributed by atoms with van der Waals surface area (Å²) in [5.74, 6) is 0.163. The first-order valence-corrected chi connectivity index (χ1v) is 14.2. The summed E-state index contributed by atoms with van der Waals surface area (Å²) in [6.45, 7) is 16.8. The van der Waals surface area contributed by atoms with E-state index in [1.807, 2.05) is 0 Å². The van der Waals surface area contributed by atoms with Crippen LogP contribution >= 0.6 is 0 Å². The number of hydrogen-bond acceptors (Lipinski definition) is 3. The summed E-state index contributed by atoms with van der Waals surface area (Å²) in [5.41, 5.74) is 9.77. The molecule has 0 aromatic heterocycles. The van der Waals surface area contributed by atoms with Gasteiger partial charge in [-0.05, 0) is 63.8 Å². The van der Waals surface area contributed by atoms with Crippen molar-refractivity contribution in [1.29, 1.82) is 0 Å². The molecule has 5 rings (SSSR count). The largest absolute Gasteiger partial charge is 0.348 e. The number of nitrogens with zero attached hydrogens (tertiary/aromatic N) is 2. The lowest BCUT2D eigenvalue weighted by atomic mass is 9.89. The molecular formula is C34H43N3O. The van der Waals surface area contributed by atoms with E-state index in [4.69, 9.17) is 0 Å². The van der Waals surface area contributed by atoms with Crippen LogP contribution in [0.25, 0.3) is 0 Å². The minimum atomic E-state index is -0.536. The fourth-order valence-corrected chi connectivity index (χ4v) is 6.80. The first-order chi connectivity index (χ1) is 18.1. The van der Waals surface area contributed by atoms with Crippen molar-refractivity contribution in [2.75, 3.05) is 26.2 Å². The zero-order valence-corrected chi connectivity index (χ0v) is 24.0. The lowest BCUT2D eigenvalue weighted by molar-refractivity contribution is -0.135. The van der Waals surface area contributed by atoms with Crippen LogP contribution in [-0.4, -0.2) is 47.4 Å². The molecule has 0 radical (unpaired) electrons. The predicted molar refractivity (Wildman–Crippen MR) is 157 cm³/mol. The van der Waals surface area contributed by atoms with Gasteiger partial charge in [0, 0.05) is 45.1 Å². The summed E-state index contributed by atoms with van der Waals surface area (Å²) in [4.78, 5) is 19.3. The molecule has 0 bridgehead atoms. The van der Waals surface area contributed by atoms with Crippen molar-refractivity contribution in [3.63, 3.8) is 0 Å². The third-order valence-electron chi connectivity index (χ3n) is 8.79. The van der Waals surface area contributed by atoms with Crippen molar-refractivity contribution < 1.29 is 4.79 Å². The second kappa shape index (κ2) is 10.7. The van der Waals surface area contributed by atoms with Gasteiger partial charge in [0.1, 0.15) is 5.54 Å². The highest BCUT2D eigenvalue weighted by molar-refractivity contribution is 5.88. The molecule has 2 aliphatic rings. The Kier molecular flexibility index (Phi) is 7.48. The molecule has 1 amide bonds. The summed E-state index contributed by atoms with van der Waals surface area (Å²) < 4.78 is 0. The Hall–Kier alpha value is -2.95. The van der Waals surface area contributed by atoms with Crippen LogP contribution in [0.5, 0.6) is 0 Å². The van der Waals surface area contributed by atoms with Gasteiger partial charge in [-0.3, -0.25) is 14.6 Å². The van der Waals surface area contributed by atoms with E-state index in [9.17, 15) is 4.79 Å². The molecule has 1 aliphatic carbocycles. The molecule has 1 saturated heterocycles. The van der Waals surface area contributed by atoms with Gasteiger partial charge in [0.25, 0.3) is 0 Å². The van der Waals surface area contributed by atoms with Crippen molar-refractivity contribution in [3.05, 3.63) is 105 Å².